The van der Waals surface area contributed by atoms with Crippen LogP contribution in [0, 0.1) is 6.92 Å². The number of aryl methyl sites for hydroxylation is 1. The number of aliphatic hydroxyl groups is 1. The number of hydrogen-bond acceptors (Lipinski definition) is 4. The Bertz CT molecular complexity index is 523. The number of ether oxygens (including phenoxy) is 1. The number of aliphatic hydroxyl groups excluding tert-OH is 1. The average Bonchev–Trinajstić information content (AvgIpc) is 2.77. The number of hydrogen-bond donors (Lipinski definition) is 1. The van der Waals surface area contributed by atoms with Crippen LogP contribution in [0.5, 0.6) is 5.75 Å². The smallest absolute Gasteiger partial charge is 0.171 e. The number of para-hydroxylation sites is 1. The van der Waals surface area contributed by atoms with Gasteiger partial charge < -0.3 is 14.4 Å². The second-order valence-electron chi connectivity index (χ2n) is 3.96. The first-order valence-electron chi connectivity index (χ1n) is 5.96. The molecule has 0 unspecified atom stereocenters. The predicted octanol–water partition coefficient (Wildman–Crippen LogP) is 1.68. The highest BCUT2D eigenvalue weighted by Gasteiger charge is 2.09. The molecule has 5 heteroatoms. The minimum atomic E-state index is -0.0321. The molecule has 0 atom stereocenters. The molecule has 0 amide bonds. The third kappa shape index (κ3) is 2.51. The second-order valence-corrected chi connectivity index (χ2v) is 3.96. The van der Waals surface area contributed by atoms with Crippen LogP contribution in [0.3, 0.4) is 0 Å². The molecule has 1 aromatic heterocycles. The Hall–Kier alpha value is -1.88. The van der Waals surface area contributed by atoms with Crippen molar-refractivity contribution in [2.45, 2.75) is 33.6 Å². The summed E-state index contributed by atoms with van der Waals surface area (Å²) in [4.78, 5) is 0. The zero-order chi connectivity index (χ0) is 13.0. The molecule has 0 saturated heterocycles. The van der Waals surface area contributed by atoms with Gasteiger partial charge in [0.1, 0.15) is 18.2 Å². The summed E-state index contributed by atoms with van der Waals surface area (Å²) in [5, 5.41) is 17.3. The molecule has 0 aliphatic heterocycles. The Morgan fingerprint density at radius 2 is 2.06 bits per heavy atom. The summed E-state index contributed by atoms with van der Waals surface area (Å²) in [6.07, 6.45) is 0. The average molecular weight is 247 g/mol. The van der Waals surface area contributed by atoms with E-state index >= 15 is 0 Å². The fourth-order valence-corrected chi connectivity index (χ4v) is 1.86. The lowest BCUT2D eigenvalue weighted by Crippen LogP contribution is -2.08. The van der Waals surface area contributed by atoms with Crippen LogP contribution in [-0.4, -0.2) is 19.9 Å². The fraction of sp³-hybridized carbons (Fsp3) is 0.385. The van der Waals surface area contributed by atoms with Crippen molar-refractivity contribution in [3.05, 3.63) is 41.5 Å². The van der Waals surface area contributed by atoms with Crippen molar-refractivity contribution in [1.29, 1.82) is 0 Å². The lowest BCUT2D eigenvalue weighted by molar-refractivity contribution is 0.253. The maximum Gasteiger partial charge on any atom is 0.171 e. The minimum absolute atomic E-state index is 0.0321. The molecule has 2 rings (SSSR count). The van der Waals surface area contributed by atoms with Crippen LogP contribution in [0.15, 0.2) is 24.3 Å². The molecule has 2 aromatic rings. The third-order valence-electron chi connectivity index (χ3n) is 2.83. The highest BCUT2D eigenvalue weighted by atomic mass is 16.5. The van der Waals surface area contributed by atoms with Crippen molar-refractivity contribution in [2.75, 3.05) is 0 Å². The van der Waals surface area contributed by atoms with Crippen molar-refractivity contribution in [3.63, 3.8) is 0 Å². The molecule has 0 radical (unpaired) electrons. The van der Waals surface area contributed by atoms with E-state index in [1.807, 2.05) is 42.7 Å². The Kier molecular flexibility index (Phi) is 3.94. The van der Waals surface area contributed by atoms with Gasteiger partial charge in [-0.2, -0.15) is 0 Å². The minimum Gasteiger partial charge on any atom is -0.485 e. The van der Waals surface area contributed by atoms with Gasteiger partial charge in [-0.25, -0.2) is 0 Å². The van der Waals surface area contributed by atoms with Crippen molar-refractivity contribution in [3.8, 4) is 5.75 Å². The topological polar surface area (TPSA) is 60.2 Å². The molecule has 18 heavy (non-hydrogen) atoms. The van der Waals surface area contributed by atoms with E-state index in [9.17, 15) is 5.11 Å². The van der Waals surface area contributed by atoms with Gasteiger partial charge in [-0.15, -0.1) is 10.2 Å². The molecule has 0 spiro atoms. The quantitative estimate of drug-likeness (QED) is 0.873. The standard InChI is InChI=1S/C13H17N3O2/c1-3-16-10(2)14-15-13(16)9-18-12-7-5-4-6-11(12)8-17/h4-7,17H,3,8-9H2,1-2H3. The summed E-state index contributed by atoms with van der Waals surface area (Å²) in [6.45, 7) is 5.10. The van der Waals surface area contributed by atoms with Gasteiger partial charge in [-0.1, -0.05) is 18.2 Å². The number of benzene rings is 1. The Labute approximate surface area is 106 Å². The van der Waals surface area contributed by atoms with E-state index in [-0.39, 0.29) is 6.61 Å². The summed E-state index contributed by atoms with van der Waals surface area (Å²) in [5.74, 6) is 2.36. The first-order valence-corrected chi connectivity index (χ1v) is 5.96. The first-order chi connectivity index (χ1) is 8.76. The molecule has 0 fully saturated rings. The molecular weight excluding hydrogens is 230 g/mol. The lowest BCUT2D eigenvalue weighted by atomic mass is 10.2. The van der Waals surface area contributed by atoms with Crippen LogP contribution >= 0.6 is 0 Å². The summed E-state index contributed by atoms with van der Waals surface area (Å²) >= 11 is 0. The van der Waals surface area contributed by atoms with Crippen LogP contribution in [0.25, 0.3) is 0 Å². The van der Waals surface area contributed by atoms with Crippen LogP contribution in [0.4, 0.5) is 0 Å². The molecule has 0 aliphatic carbocycles. The molecule has 0 aliphatic rings. The summed E-state index contributed by atoms with van der Waals surface area (Å²) in [7, 11) is 0. The zero-order valence-corrected chi connectivity index (χ0v) is 10.6. The van der Waals surface area contributed by atoms with Crippen LogP contribution in [-0.2, 0) is 19.8 Å². The van der Waals surface area contributed by atoms with Crippen molar-refractivity contribution >= 4 is 0 Å². The molecule has 0 saturated carbocycles. The van der Waals surface area contributed by atoms with Crippen LogP contribution in [0.2, 0.25) is 0 Å². The van der Waals surface area contributed by atoms with E-state index in [4.69, 9.17) is 4.74 Å². The van der Waals surface area contributed by atoms with Gasteiger partial charge in [-0.3, -0.25) is 0 Å². The molecule has 0 bridgehead atoms. The second kappa shape index (κ2) is 5.64. The van der Waals surface area contributed by atoms with Gasteiger partial charge >= 0.3 is 0 Å². The Balaban J connectivity index is 2.11. The first kappa shape index (κ1) is 12.6. The van der Waals surface area contributed by atoms with Gasteiger partial charge in [-0.05, 0) is 19.9 Å². The van der Waals surface area contributed by atoms with Gasteiger partial charge in [0, 0.05) is 12.1 Å². The Morgan fingerprint density at radius 1 is 1.28 bits per heavy atom. The van der Waals surface area contributed by atoms with E-state index in [0.717, 1.165) is 23.8 Å². The highest BCUT2D eigenvalue weighted by Crippen LogP contribution is 2.18. The summed E-state index contributed by atoms with van der Waals surface area (Å²) in [5.41, 5.74) is 0.775. The molecular formula is C13H17N3O2. The number of nitrogens with zero attached hydrogens (tertiary/aromatic N) is 3. The van der Waals surface area contributed by atoms with E-state index in [2.05, 4.69) is 10.2 Å². The van der Waals surface area contributed by atoms with Gasteiger partial charge in [0.05, 0.1) is 6.61 Å². The number of rotatable bonds is 5. The van der Waals surface area contributed by atoms with Crippen LogP contribution in [0.1, 0.15) is 24.1 Å². The molecule has 1 N–H and O–H groups in total. The zero-order valence-electron chi connectivity index (χ0n) is 10.6. The summed E-state index contributed by atoms with van der Waals surface area (Å²) in [6, 6.07) is 7.43. The van der Waals surface area contributed by atoms with Crippen molar-refractivity contribution in [2.24, 2.45) is 0 Å². The third-order valence-corrected chi connectivity index (χ3v) is 2.83. The monoisotopic (exact) mass is 247 g/mol. The van der Waals surface area contributed by atoms with E-state index in [1.54, 1.807) is 0 Å². The predicted molar refractivity (Wildman–Crippen MR) is 67.1 cm³/mol. The molecule has 1 heterocycles. The SMILES string of the molecule is CCn1c(C)nnc1COc1ccccc1CO. The molecule has 96 valence electrons. The van der Waals surface area contributed by atoms with Gasteiger partial charge in [0.25, 0.3) is 0 Å². The van der Waals surface area contributed by atoms with E-state index in [0.29, 0.717) is 12.4 Å². The van der Waals surface area contributed by atoms with E-state index < -0.39 is 0 Å². The maximum absolute atomic E-state index is 9.21. The van der Waals surface area contributed by atoms with Crippen molar-refractivity contribution in [1.82, 2.24) is 14.8 Å². The summed E-state index contributed by atoms with van der Waals surface area (Å²) < 4.78 is 7.69. The van der Waals surface area contributed by atoms with Crippen LogP contribution < -0.4 is 4.74 Å². The number of aromatic nitrogens is 3. The molecule has 5 nitrogen and oxygen atoms in total. The normalized spacial score (nSPS) is 10.6. The largest absolute Gasteiger partial charge is 0.485 e. The fourth-order valence-electron chi connectivity index (χ4n) is 1.86. The highest BCUT2D eigenvalue weighted by molar-refractivity contribution is 5.32. The Morgan fingerprint density at radius 3 is 2.78 bits per heavy atom. The van der Waals surface area contributed by atoms with Gasteiger partial charge in [0.15, 0.2) is 5.82 Å². The van der Waals surface area contributed by atoms with E-state index in [1.165, 1.54) is 0 Å². The van der Waals surface area contributed by atoms with Gasteiger partial charge in [0.2, 0.25) is 0 Å². The lowest BCUT2D eigenvalue weighted by Gasteiger charge is -2.10. The molecule has 1 aromatic carbocycles. The van der Waals surface area contributed by atoms with Crippen molar-refractivity contribution < 1.29 is 9.84 Å². The maximum atomic E-state index is 9.21.